The molecule has 0 fully saturated rings. The van der Waals surface area contributed by atoms with Crippen molar-refractivity contribution in [3.05, 3.63) is 28.3 Å². The van der Waals surface area contributed by atoms with Crippen LogP contribution in [0.15, 0.2) is 12.1 Å². The molecule has 2 aromatic rings. The first kappa shape index (κ1) is 18.4. The summed E-state index contributed by atoms with van der Waals surface area (Å²) in [6.07, 6.45) is 0. The van der Waals surface area contributed by atoms with Crippen LogP contribution in [0.3, 0.4) is 0 Å². The van der Waals surface area contributed by atoms with Gasteiger partial charge in [0.25, 0.3) is 0 Å². The van der Waals surface area contributed by atoms with Gasteiger partial charge < -0.3 is 9.84 Å². The standard InChI is InChI=1S/C18H24N2O3S/c1-17(2,3)11-8-10(9-12(13(11)21)18(4,5)6)14-19-20-15(24-14)16(22)23-7/h8-9,21H,1-7H3. The van der Waals surface area contributed by atoms with E-state index in [2.05, 4.69) is 56.5 Å². The van der Waals surface area contributed by atoms with Crippen molar-refractivity contribution in [2.24, 2.45) is 0 Å². The lowest BCUT2D eigenvalue weighted by atomic mass is 9.78. The minimum atomic E-state index is -0.496. The molecule has 0 spiro atoms. The summed E-state index contributed by atoms with van der Waals surface area (Å²) in [5.74, 6) is -0.180. The minimum absolute atomic E-state index is 0.218. The number of nitrogens with zero attached hydrogens (tertiary/aromatic N) is 2. The van der Waals surface area contributed by atoms with Gasteiger partial charge in [0.2, 0.25) is 5.01 Å². The molecule has 5 nitrogen and oxygen atoms in total. The van der Waals surface area contributed by atoms with Crippen LogP contribution in [0.25, 0.3) is 10.6 Å². The number of hydrogen-bond donors (Lipinski definition) is 1. The van der Waals surface area contributed by atoms with Gasteiger partial charge in [0, 0.05) is 16.7 Å². The highest BCUT2D eigenvalue weighted by atomic mass is 32.1. The molecule has 1 aromatic carbocycles. The highest BCUT2D eigenvalue weighted by molar-refractivity contribution is 7.16. The quantitative estimate of drug-likeness (QED) is 0.820. The second-order valence-electron chi connectivity index (χ2n) is 7.82. The van der Waals surface area contributed by atoms with E-state index in [9.17, 15) is 9.90 Å². The molecule has 0 saturated carbocycles. The van der Waals surface area contributed by atoms with Gasteiger partial charge in [-0.15, -0.1) is 10.2 Å². The Hall–Kier alpha value is -1.95. The Morgan fingerprint density at radius 3 is 1.96 bits per heavy atom. The SMILES string of the molecule is COC(=O)c1nnc(-c2cc(C(C)(C)C)c(O)c(C(C)(C)C)c2)s1. The summed E-state index contributed by atoms with van der Waals surface area (Å²) in [5.41, 5.74) is 2.08. The third kappa shape index (κ3) is 3.59. The highest BCUT2D eigenvalue weighted by Gasteiger charge is 2.27. The predicted octanol–water partition coefficient (Wildman–Crippen LogP) is 4.29. The van der Waals surface area contributed by atoms with Crippen LogP contribution in [0.5, 0.6) is 5.75 Å². The summed E-state index contributed by atoms with van der Waals surface area (Å²) in [6, 6.07) is 3.85. The topological polar surface area (TPSA) is 72.3 Å². The van der Waals surface area contributed by atoms with Crippen molar-refractivity contribution in [3.8, 4) is 16.3 Å². The number of hydrogen-bond acceptors (Lipinski definition) is 6. The van der Waals surface area contributed by atoms with Crippen molar-refractivity contribution in [1.82, 2.24) is 10.2 Å². The van der Waals surface area contributed by atoms with Crippen LogP contribution in [0.4, 0.5) is 0 Å². The lowest BCUT2D eigenvalue weighted by Crippen LogP contribution is -2.17. The molecule has 1 N–H and O–H groups in total. The van der Waals surface area contributed by atoms with Gasteiger partial charge in [-0.05, 0) is 23.0 Å². The first-order valence-corrected chi connectivity index (χ1v) is 8.57. The van der Waals surface area contributed by atoms with E-state index >= 15 is 0 Å². The average Bonchev–Trinajstić information content (AvgIpc) is 2.94. The third-order valence-corrected chi connectivity index (χ3v) is 4.71. The Bertz CT molecular complexity index is 732. The number of benzene rings is 1. The lowest BCUT2D eigenvalue weighted by Gasteiger charge is -2.27. The summed E-state index contributed by atoms with van der Waals surface area (Å²) in [4.78, 5) is 11.6. The first-order chi connectivity index (χ1) is 10.9. The Morgan fingerprint density at radius 2 is 1.54 bits per heavy atom. The molecule has 0 radical (unpaired) electrons. The normalized spacial score (nSPS) is 12.3. The Labute approximate surface area is 146 Å². The molecular formula is C18H24N2O3S. The van der Waals surface area contributed by atoms with Gasteiger partial charge >= 0.3 is 5.97 Å². The van der Waals surface area contributed by atoms with E-state index in [-0.39, 0.29) is 15.8 Å². The maximum atomic E-state index is 11.6. The fourth-order valence-corrected chi connectivity index (χ4v) is 3.16. The van der Waals surface area contributed by atoms with Crippen LogP contribution in [0.2, 0.25) is 0 Å². The number of carbonyl (C=O) groups is 1. The van der Waals surface area contributed by atoms with Crippen LogP contribution >= 0.6 is 11.3 Å². The van der Waals surface area contributed by atoms with Crippen LogP contribution in [-0.4, -0.2) is 28.4 Å². The summed E-state index contributed by atoms with van der Waals surface area (Å²) in [5, 5.41) is 19.6. The summed E-state index contributed by atoms with van der Waals surface area (Å²) in [6.45, 7) is 12.3. The number of aromatic nitrogens is 2. The van der Waals surface area contributed by atoms with Crippen LogP contribution in [0.1, 0.15) is 62.5 Å². The molecular weight excluding hydrogens is 324 g/mol. The van der Waals surface area contributed by atoms with Gasteiger partial charge in [-0.2, -0.15) is 0 Å². The molecule has 1 heterocycles. The van der Waals surface area contributed by atoms with Crippen molar-refractivity contribution in [2.45, 2.75) is 52.4 Å². The van der Waals surface area contributed by atoms with Crippen molar-refractivity contribution in [1.29, 1.82) is 0 Å². The molecule has 0 unspecified atom stereocenters. The molecule has 6 heteroatoms. The number of carbonyl (C=O) groups excluding carboxylic acids is 1. The molecule has 0 aliphatic carbocycles. The van der Waals surface area contributed by atoms with E-state index in [1.807, 2.05) is 12.1 Å². The zero-order valence-electron chi connectivity index (χ0n) is 15.2. The number of aromatic hydroxyl groups is 1. The molecule has 1 aromatic heterocycles. The number of esters is 1. The Kier molecular flexibility index (Phi) is 4.72. The van der Waals surface area contributed by atoms with Crippen molar-refractivity contribution in [2.75, 3.05) is 7.11 Å². The average molecular weight is 348 g/mol. The second-order valence-corrected chi connectivity index (χ2v) is 8.80. The monoisotopic (exact) mass is 348 g/mol. The number of methoxy groups -OCH3 is 1. The molecule has 130 valence electrons. The fraction of sp³-hybridized carbons (Fsp3) is 0.500. The van der Waals surface area contributed by atoms with Crippen LogP contribution < -0.4 is 0 Å². The molecule has 0 saturated heterocycles. The molecule has 0 amide bonds. The Balaban J connectivity index is 2.67. The smallest absolute Gasteiger partial charge is 0.369 e. The summed E-state index contributed by atoms with van der Waals surface area (Å²) >= 11 is 1.18. The predicted molar refractivity (Wildman–Crippen MR) is 95.7 cm³/mol. The van der Waals surface area contributed by atoms with Crippen molar-refractivity contribution < 1.29 is 14.6 Å². The van der Waals surface area contributed by atoms with Gasteiger partial charge in [0.05, 0.1) is 7.11 Å². The minimum Gasteiger partial charge on any atom is -0.507 e. The van der Waals surface area contributed by atoms with Gasteiger partial charge in [-0.1, -0.05) is 52.9 Å². The largest absolute Gasteiger partial charge is 0.507 e. The molecule has 24 heavy (non-hydrogen) atoms. The van der Waals surface area contributed by atoms with E-state index < -0.39 is 5.97 Å². The lowest BCUT2D eigenvalue weighted by molar-refractivity contribution is 0.0599. The van der Waals surface area contributed by atoms with E-state index in [0.717, 1.165) is 16.7 Å². The number of phenols is 1. The van der Waals surface area contributed by atoms with Gasteiger partial charge in [-0.25, -0.2) is 4.79 Å². The second kappa shape index (κ2) is 6.16. The number of phenolic OH excluding ortho intramolecular Hbond substituents is 1. The summed E-state index contributed by atoms with van der Waals surface area (Å²) in [7, 11) is 1.32. The van der Waals surface area contributed by atoms with Crippen molar-refractivity contribution in [3.63, 3.8) is 0 Å². The van der Waals surface area contributed by atoms with Gasteiger partial charge in [0.15, 0.2) is 0 Å². The molecule has 0 aliphatic heterocycles. The zero-order valence-corrected chi connectivity index (χ0v) is 16.0. The van der Waals surface area contributed by atoms with Crippen LogP contribution in [-0.2, 0) is 15.6 Å². The zero-order chi connectivity index (χ0) is 18.3. The molecule has 2 rings (SSSR count). The number of ether oxygens (including phenoxy) is 1. The van der Waals surface area contributed by atoms with Crippen LogP contribution in [0, 0.1) is 0 Å². The maximum Gasteiger partial charge on any atom is 0.369 e. The molecule has 0 bridgehead atoms. The van der Waals surface area contributed by atoms with E-state index in [1.54, 1.807) is 0 Å². The third-order valence-electron chi connectivity index (χ3n) is 3.76. The van der Waals surface area contributed by atoms with E-state index in [4.69, 9.17) is 0 Å². The van der Waals surface area contributed by atoms with Gasteiger partial charge in [-0.3, -0.25) is 0 Å². The molecule has 0 aliphatic rings. The van der Waals surface area contributed by atoms with Gasteiger partial charge in [0.1, 0.15) is 10.8 Å². The van der Waals surface area contributed by atoms with E-state index in [0.29, 0.717) is 10.8 Å². The Morgan fingerprint density at radius 1 is 1.04 bits per heavy atom. The van der Waals surface area contributed by atoms with E-state index in [1.165, 1.54) is 18.4 Å². The maximum absolute atomic E-state index is 11.6. The number of rotatable bonds is 2. The summed E-state index contributed by atoms with van der Waals surface area (Å²) < 4.78 is 4.69. The highest BCUT2D eigenvalue weighted by Crippen LogP contribution is 2.42. The first-order valence-electron chi connectivity index (χ1n) is 7.75. The molecule has 0 atom stereocenters. The fourth-order valence-electron chi connectivity index (χ4n) is 2.41. The van der Waals surface area contributed by atoms with Crippen molar-refractivity contribution >= 4 is 17.3 Å².